The number of aromatic nitrogens is 2. The number of amides is 2. The van der Waals surface area contributed by atoms with E-state index in [0.29, 0.717) is 13.1 Å². The number of hydrogen-bond acceptors (Lipinski definition) is 7. The van der Waals surface area contributed by atoms with Crippen molar-refractivity contribution >= 4 is 23.8 Å². The quantitative estimate of drug-likeness (QED) is 0.478. The lowest BCUT2D eigenvalue weighted by atomic mass is 10.1. The summed E-state index contributed by atoms with van der Waals surface area (Å²) in [7, 11) is 0. The molecule has 35 heavy (non-hydrogen) atoms. The average molecular weight is 483 g/mol. The van der Waals surface area contributed by atoms with Gasteiger partial charge in [0.15, 0.2) is 0 Å². The summed E-state index contributed by atoms with van der Waals surface area (Å²) in [6, 6.07) is 9.11. The van der Waals surface area contributed by atoms with Crippen LogP contribution in [0.25, 0.3) is 0 Å². The number of nitrogens with one attached hydrogen (secondary N) is 1. The van der Waals surface area contributed by atoms with Gasteiger partial charge in [0.05, 0.1) is 11.6 Å². The van der Waals surface area contributed by atoms with E-state index >= 15 is 0 Å². The van der Waals surface area contributed by atoms with Crippen molar-refractivity contribution in [3.63, 3.8) is 0 Å². The molecule has 0 radical (unpaired) electrons. The number of cyclic esters (lactones) is 1. The van der Waals surface area contributed by atoms with Crippen molar-refractivity contribution in [2.75, 3.05) is 43.0 Å². The highest BCUT2D eigenvalue weighted by Crippen LogP contribution is 2.30. The molecule has 0 saturated carbocycles. The molecule has 1 unspecified atom stereocenters. The first-order valence-corrected chi connectivity index (χ1v) is 11.7. The first-order chi connectivity index (χ1) is 16.7. The largest absolute Gasteiger partial charge is 0.447 e. The Morgan fingerprint density at radius 3 is 2.51 bits per heavy atom. The van der Waals surface area contributed by atoms with E-state index in [1.807, 2.05) is 37.8 Å². The number of nitrogens with zero attached hydrogens (tertiary/aromatic N) is 5. The monoisotopic (exact) mass is 482 g/mol. The fourth-order valence-corrected chi connectivity index (χ4v) is 4.31. The van der Waals surface area contributed by atoms with E-state index in [1.54, 1.807) is 0 Å². The summed E-state index contributed by atoms with van der Waals surface area (Å²) in [6.45, 7) is 13.2. The molecule has 2 saturated heterocycles. The SMILES string of the molecule is C=CC(=O)N1CCN(Cc2ccc(C(C)Nc3nc(F)cc(N4C(=O)OCC4(C)C)n3)cc2)CC1. The van der Waals surface area contributed by atoms with Crippen molar-refractivity contribution < 1.29 is 18.7 Å². The minimum atomic E-state index is -0.731. The van der Waals surface area contributed by atoms with Crippen molar-refractivity contribution in [3.8, 4) is 0 Å². The van der Waals surface area contributed by atoms with Crippen molar-refractivity contribution in [1.82, 2.24) is 19.8 Å². The van der Waals surface area contributed by atoms with Crippen LogP contribution in [0.1, 0.15) is 37.9 Å². The van der Waals surface area contributed by atoms with Crippen LogP contribution in [0.4, 0.5) is 21.0 Å². The molecule has 2 amide bonds. The van der Waals surface area contributed by atoms with Gasteiger partial charge in [-0.2, -0.15) is 14.4 Å². The molecule has 2 aliphatic heterocycles. The van der Waals surface area contributed by atoms with Crippen LogP contribution >= 0.6 is 0 Å². The van der Waals surface area contributed by atoms with E-state index in [0.717, 1.165) is 31.3 Å². The molecule has 9 nitrogen and oxygen atoms in total. The molecule has 2 aliphatic rings. The number of benzene rings is 1. The van der Waals surface area contributed by atoms with Crippen LogP contribution in [0.5, 0.6) is 0 Å². The van der Waals surface area contributed by atoms with E-state index in [1.165, 1.54) is 16.5 Å². The zero-order valence-corrected chi connectivity index (χ0v) is 20.3. The molecule has 0 spiro atoms. The van der Waals surface area contributed by atoms with E-state index < -0.39 is 17.6 Å². The molecular formula is C25H31FN6O3. The fourth-order valence-electron chi connectivity index (χ4n) is 4.31. The molecule has 4 rings (SSSR count). The number of anilines is 2. The molecule has 3 heterocycles. The molecule has 0 aliphatic carbocycles. The van der Waals surface area contributed by atoms with Gasteiger partial charge < -0.3 is 15.0 Å². The summed E-state index contributed by atoms with van der Waals surface area (Å²) in [5.74, 6) is -0.497. The zero-order valence-electron chi connectivity index (χ0n) is 20.3. The Morgan fingerprint density at radius 2 is 1.91 bits per heavy atom. The molecule has 10 heteroatoms. The number of carbonyl (C=O) groups excluding carboxylic acids is 2. The van der Waals surface area contributed by atoms with E-state index in [9.17, 15) is 14.0 Å². The molecule has 186 valence electrons. The standard InChI is InChI=1S/C25H31FN6O3/c1-5-22(33)31-12-10-30(11-13-31)15-18-6-8-19(9-7-18)17(2)27-23-28-20(26)14-21(29-23)32-24(34)35-16-25(32,3)4/h5-9,14,17H,1,10-13,15-16H2,2-4H3,(H,27,28,29). The summed E-state index contributed by atoms with van der Waals surface area (Å²) in [6.07, 6.45) is 0.803. The van der Waals surface area contributed by atoms with Crippen LogP contribution in [-0.4, -0.2) is 70.1 Å². The summed E-state index contributed by atoms with van der Waals surface area (Å²) < 4.78 is 19.4. The first kappa shape index (κ1) is 24.6. The van der Waals surface area contributed by atoms with Crippen molar-refractivity contribution in [2.24, 2.45) is 0 Å². The predicted molar refractivity (Wildman–Crippen MR) is 130 cm³/mol. The molecule has 1 atom stereocenters. The maximum Gasteiger partial charge on any atom is 0.416 e. The molecule has 2 fully saturated rings. The van der Waals surface area contributed by atoms with E-state index in [2.05, 4.69) is 38.9 Å². The van der Waals surface area contributed by atoms with Gasteiger partial charge in [-0.1, -0.05) is 30.8 Å². The van der Waals surface area contributed by atoms with Crippen LogP contribution in [0.2, 0.25) is 0 Å². The number of halogens is 1. The van der Waals surface area contributed by atoms with Gasteiger partial charge in [0.1, 0.15) is 12.4 Å². The molecule has 1 aromatic heterocycles. The smallest absolute Gasteiger partial charge is 0.416 e. The second-order valence-corrected chi connectivity index (χ2v) is 9.49. The first-order valence-electron chi connectivity index (χ1n) is 11.7. The van der Waals surface area contributed by atoms with Crippen LogP contribution in [-0.2, 0) is 16.1 Å². The Hall–Kier alpha value is -3.53. The maximum absolute atomic E-state index is 14.3. The van der Waals surface area contributed by atoms with Gasteiger partial charge in [-0.3, -0.25) is 14.6 Å². The second kappa shape index (κ2) is 9.99. The lowest BCUT2D eigenvalue weighted by Crippen LogP contribution is -2.47. The molecule has 2 aromatic rings. The summed E-state index contributed by atoms with van der Waals surface area (Å²) in [4.78, 5) is 37.6. The van der Waals surface area contributed by atoms with Crippen LogP contribution in [0.15, 0.2) is 43.0 Å². The summed E-state index contributed by atoms with van der Waals surface area (Å²) >= 11 is 0. The number of hydrogen-bond donors (Lipinski definition) is 1. The van der Waals surface area contributed by atoms with Crippen molar-refractivity contribution in [2.45, 2.75) is 38.9 Å². The van der Waals surface area contributed by atoms with Gasteiger partial charge in [0, 0.05) is 38.8 Å². The minimum absolute atomic E-state index is 0.0195. The number of ether oxygens (including phenoxy) is 1. The van der Waals surface area contributed by atoms with Crippen molar-refractivity contribution in [1.29, 1.82) is 0 Å². The normalized spacial score (nSPS) is 18.8. The van der Waals surface area contributed by atoms with Gasteiger partial charge in [-0.25, -0.2) is 4.79 Å². The van der Waals surface area contributed by atoms with Gasteiger partial charge in [-0.15, -0.1) is 0 Å². The van der Waals surface area contributed by atoms with E-state index in [-0.39, 0.29) is 30.3 Å². The molecule has 1 N–H and O–H groups in total. The Labute approximate surface area is 204 Å². The maximum atomic E-state index is 14.3. The summed E-state index contributed by atoms with van der Waals surface area (Å²) in [5, 5.41) is 3.13. The lowest BCUT2D eigenvalue weighted by molar-refractivity contribution is -0.127. The van der Waals surface area contributed by atoms with Gasteiger partial charge in [0.2, 0.25) is 17.8 Å². The zero-order chi connectivity index (χ0) is 25.2. The molecule has 1 aromatic carbocycles. The highest BCUT2D eigenvalue weighted by Gasteiger charge is 2.42. The average Bonchev–Trinajstić information content (AvgIpc) is 3.11. The van der Waals surface area contributed by atoms with Gasteiger partial charge in [0.25, 0.3) is 0 Å². The number of rotatable bonds is 7. The highest BCUT2D eigenvalue weighted by atomic mass is 19.1. The third kappa shape index (κ3) is 5.59. The fraction of sp³-hybridized carbons (Fsp3) is 0.440. The van der Waals surface area contributed by atoms with Gasteiger partial charge in [-0.05, 0) is 38.0 Å². The Morgan fingerprint density at radius 1 is 1.23 bits per heavy atom. The highest BCUT2D eigenvalue weighted by molar-refractivity contribution is 5.90. The third-order valence-electron chi connectivity index (χ3n) is 6.34. The second-order valence-electron chi connectivity index (χ2n) is 9.49. The minimum Gasteiger partial charge on any atom is -0.447 e. The lowest BCUT2D eigenvalue weighted by Gasteiger charge is -2.34. The summed E-state index contributed by atoms with van der Waals surface area (Å²) in [5.41, 5.74) is 1.53. The Balaban J connectivity index is 1.38. The molecular weight excluding hydrogens is 451 g/mol. The third-order valence-corrected chi connectivity index (χ3v) is 6.34. The molecule has 0 bridgehead atoms. The Bertz CT molecular complexity index is 1100. The van der Waals surface area contributed by atoms with Crippen molar-refractivity contribution in [3.05, 3.63) is 60.1 Å². The van der Waals surface area contributed by atoms with Crippen LogP contribution in [0, 0.1) is 5.95 Å². The predicted octanol–water partition coefficient (Wildman–Crippen LogP) is 3.35. The van der Waals surface area contributed by atoms with Crippen LogP contribution < -0.4 is 10.2 Å². The number of carbonyl (C=O) groups is 2. The van der Waals surface area contributed by atoms with E-state index in [4.69, 9.17) is 4.74 Å². The van der Waals surface area contributed by atoms with Crippen LogP contribution in [0.3, 0.4) is 0 Å². The van der Waals surface area contributed by atoms with Gasteiger partial charge >= 0.3 is 6.09 Å². The number of piperazine rings is 1. The Kier molecular flexibility index (Phi) is 7.02. The topological polar surface area (TPSA) is 90.9 Å².